The fraction of sp³-hybridized carbons (Fsp3) is 0.444. The van der Waals surface area contributed by atoms with Gasteiger partial charge in [0.25, 0.3) is 5.56 Å². The largest absolute Gasteiger partial charge is 0.386 e. The minimum absolute atomic E-state index is 0.124. The summed E-state index contributed by atoms with van der Waals surface area (Å²) in [6, 6.07) is 3.32. The fourth-order valence-corrected chi connectivity index (χ4v) is 4.91. The molecule has 1 N–H and O–H groups in total. The van der Waals surface area contributed by atoms with E-state index in [1.165, 1.54) is 13.2 Å². The van der Waals surface area contributed by atoms with Gasteiger partial charge in [-0.1, -0.05) is 13.5 Å². The van der Waals surface area contributed by atoms with Crippen LogP contribution in [0.3, 0.4) is 0 Å². The zero-order valence-corrected chi connectivity index (χ0v) is 20.6. The number of carbonyl (C=O) groups excluding carboxylic acids is 1. The number of aliphatic hydroxyl groups is 1. The fourth-order valence-electron chi connectivity index (χ4n) is 4.91. The van der Waals surface area contributed by atoms with E-state index in [1.54, 1.807) is 18.4 Å². The summed E-state index contributed by atoms with van der Waals surface area (Å²) in [6.07, 6.45) is 2.31. The highest BCUT2D eigenvalue weighted by atomic mass is 19.1. The molecule has 1 aliphatic carbocycles. The number of aromatic nitrogens is 1. The summed E-state index contributed by atoms with van der Waals surface area (Å²) in [6.45, 7) is 14.2. The molecule has 0 amide bonds. The molecule has 4 rings (SSSR count). The summed E-state index contributed by atoms with van der Waals surface area (Å²) in [5, 5.41) is 10.7. The molecular weight excluding hydrogens is 435 g/mol. The van der Waals surface area contributed by atoms with Gasteiger partial charge in [0.15, 0.2) is 0 Å². The van der Waals surface area contributed by atoms with Gasteiger partial charge in [0.1, 0.15) is 12.6 Å². The van der Waals surface area contributed by atoms with Crippen molar-refractivity contribution in [2.75, 3.05) is 7.11 Å². The highest BCUT2D eigenvalue weighted by Crippen LogP contribution is 2.42. The summed E-state index contributed by atoms with van der Waals surface area (Å²) >= 11 is 0. The molecule has 6 nitrogen and oxygen atoms in total. The van der Waals surface area contributed by atoms with E-state index in [9.17, 15) is 14.3 Å². The molecule has 1 aromatic carbocycles. The summed E-state index contributed by atoms with van der Waals surface area (Å²) in [5.41, 5.74) is 5.10. The lowest BCUT2D eigenvalue weighted by molar-refractivity contribution is -0.0980. The summed E-state index contributed by atoms with van der Waals surface area (Å²) < 4.78 is 21.7. The number of carbonyl (C=O) groups is 1. The van der Waals surface area contributed by atoms with Gasteiger partial charge in [0.05, 0.1) is 29.3 Å². The monoisotopic (exact) mass is 468 g/mol. The molecule has 2 aliphatic rings. The standard InChI is InChI=1S/C26H31FN2O3.CH2O/c1-14-7-8-17-16(3)20(27)12-22(24(17)15(14)2)28-21-9-10-29-23(21)11-19(26(4,5)31)18(13-32-6)25(29)30;1-2/h11-12,14,31H,2,7-10,13H2,1,3-6H3;1H2/t14-;/m0./s1. The average molecular weight is 469 g/mol. The Balaban J connectivity index is 0.00000158. The van der Waals surface area contributed by atoms with Gasteiger partial charge in [0.2, 0.25) is 0 Å². The quantitative estimate of drug-likeness (QED) is 0.711. The number of nitrogens with zero attached hydrogens (tertiary/aromatic N) is 2. The molecule has 0 unspecified atom stereocenters. The Bertz CT molecular complexity index is 1220. The molecule has 0 saturated heterocycles. The Labute approximate surface area is 199 Å². The van der Waals surface area contributed by atoms with Crippen LogP contribution >= 0.6 is 0 Å². The van der Waals surface area contributed by atoms with Crippen molar-refractivity contribution in [1.29, 1.82) is 0 Å². The van der Waals surface area contributed by atoms with Crippen LogP contribution in [0.5, 0.6) is 0 Å². The van der Waals surface area contributed by atoms with Crippen molar-refractivity contribution in [2.24, 2.45) is 10.9 Å². The second kappa shape index (κ2) is 9.76. The molecule has 0 saturated carbocycles. The van der Waals surface area contributed by atoms with Crippen LogP contribution in [0, 0.1) is 18.7 Å². The van der Waals surface area contributed by atoms with Gasteiger partial charge in [0, 0.05) is 37.3 Å². The van der Waals surface area contributed by atoms with Gasteiger partial charge in [-0.3, -0.25) is 9.79 Å². The van der Waals surface area contributed by atoms with Crippen LogP contribution in [0.2, 0.25) is 0 Å². The smallest absolute Gasteiger partial charge is 0.257 e. The van der Waals surface area contributed by atoms with E-state index in [4.69, 9.17) is 14.5 Å². The minimum atomic E-state index is -1.21. The molecule has 1 aromatic heterocycles. The summed E-state index contributed by atoms with van der Waals surface area (Å²) in [5.74, 6) is 0.0386. The van der Waals surface area contributed by atoms with Gasteiger partial charge in [-0.25, -0.2) is 4.39 Å². The first-order chi connectivity index (χ1) is 16.0. The lowest BCUT2D eigenvalue weighted by atomic mass is 9.78. The summed E-state index contributed by atoms with van der Waals surface area (Å²) in [7, 11) is 1.53. The van der Waals surface area contributed by atoms with Crippen LogP contribution in [0.1, 0.15) is 67.1 Å². The van der Waals surface area contributed by atoms with Crippen LogP contribution in [0.4, 0.5) is 10.1 Å². The number of benzene rings is 1. The second-order valence-electron chi connectivity index (χ2n) is 9.50. The zero-order chi connectivity index (χ0) is 25.4. The molecule has 34 heavy (non-hydrogen) atoms. The first-order valence-corrected chi connectivity index (χ1v) is 11.4. The number of pyridine rings is 1. The van der Waals surface area contributed by atoms with E-state index in [-0.39, 0.29) is 18.0 Å². The maximum atomic E-state index is 14.8. The van der Waals surface area contributed by atoms with E-state index in [2.05, 4.69) is 13.5 Å². The van der Waals surface area contributed by atoms with Gasteiger partial charge < -0.3 is 19.2 Å². The number of methoxy groups -OCH3 is 1. The third kappa shape index (κ3) is 4.42. The van der Waals surface area contributed by atoms with Crippen LogP contribution in [-0.2, 0) is 34.7 Å². The number of allylic oxidation sites excluding steroid dienone is 1. The molecule has 1 atom stereocenters. The SMILES string of the molecule is C=C1c2c(N=C3CCn4c3cc(C(C)(C)O)c(COC)c4=O)cc(F)c(C)c2CC[C@@H]1C.C=O. The second-order valence-corrected chi connectivity index (χ2v) is 9.50. The molecule has 2 aromatic rings. The highest BCUT2D eigenvalue weighted by Gasteiger charge is 2.30. The number of hydrogen-bond donors (Lipinski definition) is 1. The minimum Gasteiger partial charge on any atom is -0.386 e. The van der Waals surface area contributed by atoms with E-state index in [0.29, 0.717) is 52.7 Å². The van der Waals surface area contributed by atoms with Crippen LogP contribution in [0.25, 0.3) is 5.57 Å². The molecule has 7 heteroatoms. The van der Waals surface area contributed by atoms with Gasteiger partial charge in [-0.15, -0.1) is 0 Å². The predicted molar refractivity (Wildman–Crippen MR) is 132 cm³/mol. The number of halogens is 1. The third-order valence-corrected chi connectivity index (χ3v) is 6.85. The van der Waals surface area contributed by atoms with Crippen LogP contribution in [0.15, 0.2) is 28.5 Å². The van der Waals surface area contributed by atoms with Crippen molar-refractivity contribution in [3.8, 4) is 0 Å². The molecule has 0 radical (unpaired) electrons. The molecular formula is C27H33FN2O4. The van der Waals surface area contributed by atoms with Gasteiger partial charge >= 0.3 is 0 Å². The number of hydrogen-bond acceptors (Lipinski definition) is 5. The molecule has 0 fully saturated rings. The molecule has 0 spiro atoms. The third-order valence-electron chi connectivity index (χ3n) is 6.85. The molecule has 2 heterocycles. The molecule has 182 valence electrons. The maximum absolute atomic E-state index is 14.8. The predicted octanol–water partition coefficient (Wildman–Crippen LogP) is 4.60. The van der Waals surface area contributed by atoms with Crippen molar-refractivity contribution < 1.29 is 19.0 Å². The van der Waals surface area contributed by atoms with E-state index in [0.717, 1.165) is 29.5 Å². The molecule has 1 aliphatic heterocycles. The Morgan fingerprint density at radius 3 is 2.59 bits per heavy atom. The lowest BCUT2D eigenvalue weighted by Crippen LogP contribution is -2.31. The Morgan fingerprint density at radius 2 is 1.97 bits per heavy atom. The van der Waals surface area contributed by atoms with Crippen molar-refractivity contribution in [3.05, 3.63) is 68.4 Å². The number of fused-ring (bicyclic) bond motifs is 2. The number of aliphatic imine (C=N–C) groups is 1. The van der Waals surface area contributed by atoms with E-state index >= 15 is 0 Å². The van der Waals surface area contributed by atoms with E-state index < -0.39 is 5.60 Å². The summed E-state index contributed by atoms with van der Waals surface area (Å²) in [4.78, 5) is 26.1. The van der Waals surface area contributed by atoms with Crippen molar-refractivity contribution in [2.45, 2.75) is 65.7 Å². The zero-order valence-electron chi connectivity index (χ0n) is 20.6. The van der Waals surface area contributed by atoms with Crippen LogP contribution < -0.4 is 5.56 Å². The Hall–Kier alpha value is -2.90. The topological polar surface area (TPSA) is 80.9 Å². The maximum Gasteiger partial charge on any atom is 0.257 e. The molecule has 0 bridgehead atoms. The highest BCUT2D eigenvalue weighted by molar-refractivity contribution is 6.03. The van der Waals surface area contributed by atoms with E-state index in [1.807, 2.05) is 19.8 Å². The number of ether oxygens (including phenoxy) is 1. The van der Waals surface area contributed by atoms with Gasteiger partial charge in [-0.05, 0) is 67.9 Å². The lowest BCUT2D eigenvalue weighted by Gasteiger charge is -2.27. The number of rotatable bonds is 4. The average Bonchev–Trinajstić information content (AvgIpc) is 3.19. The Morgan fingerprint density at radius 1 is 1.29 bits per heavy atom. The van der Waals surface area contributed by atoms with Gasteiger partial charge in [-0.2, -0.15) is 0 Å². The normalized spacial score (nSPS) is 18.4. The first-order valence-electron chi connectivity index (χ1n) is 11.4. The first kappa shape index (κ1) is 25.7. The van der Waals surface area contributed by atoms with Crippen molar-refractivity contribution >= 4 is 23.8 Å². The van der Waals surface area contributed by atoms with Crippen LogP contribution in [-0.4, -0.2) is 29.3 Å². The van der Waals surface area contributed by atoms with Crippen molar-refractivity contribution in [3.63, 3.8) is 0 Å². The Kier molecular flexibility index (Phi) is 7.38. The van der Waals surface area contributed by atoms with Crippen molar-refractivity contribution in [1.82, 2.24) is 4.57 Å².